The molecule has 138 valence electrons. The topological polar surface area (TPSA) is 84.5 Å². The molecule has 1 fully saturated rings. The van der Waals surface area contributed by atoms with E-state index in [-0.39, 0.29) is 39.2 Å². The van der Waals surface area contributed by atoms with Crippen LogP contribution in [0.4, 0.5) is 0 Å². The molecule has 1 atom stereocenters. The molecule has 1 saturated heterocycles. The highest BCUT2D eigenvalue weighted by Crippen LogP contribution is 2.17. The Hall–Kier alpha value is -0.830. The van der Waals surface area contributed by atoms with Gasteiger partial charge < -0.3 is 10.1 Å². The van der Waals surface area contributed by atoms with Gasteiger partial charge in [0.15, 0.2) is 0 Å². The maximum atomic E-state index is 12.4. The lowest BCUT2D eigenvalue weighted by molar-refractivity contribution is 0.0957. The van der Waals surface area contributed by atoms with Crippen molar-refractivity contribution in [2.45, 2.75) is 23.8 Å². The smallest absolute Gasteiger partial charge is 0.251 e. The number of hydrogen-bond donors (Lipinski definition) is 2. The Morgan fingerprint density at radius 3 is 2.68 bits per heavy atom. The first-order valence-electron chi connectivity index (χ1n) is 7.49. The van der Waals surface area contributed by atoms with Crippen LogP contribution in [0.3, 0.4) is 0 Å². The van der Waals surface area contributed by atoms with Crippen LogP contribution in [0.1, 0.15) is 23.2 Å². The first-order valence-corrected chi connectivity index (χ1v) is 10.1. The van der Waals surface area contributed by atoms with Gasteiger partial charge in [0.2, 0.25) is 10.0 Å². The molecule has 0 radical (unpaired) electrons. The van der Waals surface area contributed by atoms with Gasteiger partial charge in [-0.2, -0.15) is 0 Å². The summed E-state index contributed by atoms with van der Waals surface area (Å²) >= 11 is 16.7. The van der Waals surface area contributed by atoms with Crippen molar-refractivity contribution in [3.8, 4) is 0 Å². The molecule has 10 heteroatoms. The van der Waals surface area contributed by atoms with Crippen LogP contribution in [0.5, 0.6) is 0 Å². The number of amides is 1. The Balaban J connectivity index is 2.03. The Bertz CT molecular complexity index is 758. The average molecular weight is 428 g/mol. The zero-order valence-corrected chi connectivity index (χ0v) is 16.2. The molecular weight excluding hydrogens is 411 g/mol. The molecule has 25 heavy (non-hydrogen) atoms. The molecule has 1 aromatic rings. The third kappa shape index (κ3) is 6.13. The van der Waals surface area contributed by atoms with Gasteiger partial charge in [-0.3, -0.25) is 4.79 Å². The van der Waals surface area contributed by atoms with Gasteiger partial charge >= 0.3 is 0 Å². The van der Waals surface area contributed by atoms with Gasteiger partial charge in [-0.1, -0.05) is 40.9 Å². The van der Waals surface area contributed by atoms with E-state index < -0.39 is 15.9 Å². The zero-order valence-electron chi connectivity index (χ0n) is 13.1. The average Bonchev–Trinajstić information content (AvgIpc) is 3.11. The van der Waals surface area contributed by atoms with Crippen molar-refractivity contribution < 1.29 is 17.9 Å². The van der Waals surface area contributed by atoms with Crippen LogP contribution in [-0.2, 0) is 14.8 Å². The summed E-state index contributed by atoms with van der Waals surface area (Å²) in [4.78, 5) is 12.1. The van der Waals surface area contributed by atoms with E-state index in [1.807, 2.05) is 0 Å². The maximum Gasteiger partial charge on any atom is 0.251 e. The largest absolute Gasteiger partial charge is 0.377 e. The summed E-state index contributed by atoms with van der Waals surface area (Å²) in [6.45, 7) is 0.787. The number of halogens is 3. The molecule has 1 aliphatic rings. The van der Waals surface area contributed by atoms with E-state index in [4.69, 9.17) is 39.5 Å². The maximum absolute atomic E-state index is 12.4. The lowest BCUT2D eigenvalue weighted by Crippen LogP contribution is -2.32. The molecule has 2 rings (SSSR count). The van der Waals surface area contributed by atoms with Crippen molar-refractivity contribution >= 4 is 50.7 Å². The number of sulfonamides is 1. The van der Waals surface area contributed by atoms with Crippen LogP contribution in [0, 0.1) is 0 Å². The van der Waals surface area contributed by atoms with Crippen LogP contribution in [-0.4, -0.2) is 40.1 Å². The summed E-state index contributed by atoms with van der Waals surface area (Å²) in [6.07, 6.45) is 1.63. The monoisotopic (exact) mass is 426 g/mol. The van der Waals surface area contributed by atoms with E-state index in [1.165, 1.54) is 24.3 Å². The molecule has 0 spiro atoms. The molecule has 1 aromatic carbocycles. The summed E-state index contributed by atoms with van der Waals surface area (Å²) in [5.74, 6) is -0.496. The van der Waals surface area contributed by atoms with Crippen LogP contribution in [0.25, 0.3) is 0 Å². The minimum Gasteiger partial charge on any atom is -0.377 e. The predicted molar refractivity (Wildman–Crippen MR) is 97.5 cm³/mol. The van der Waals surface area contributed by atoms with Crippen LogP contribution < -0.4 is 10.0 Å². The second-order valence-electron chi connectivity index (χ2n) is 5.36. The number of nitrogens with one attached hydrogen (secondary N) is 2. The van der Waals surface area contributed by atoms with E-state index in [0.717, 1.165) is 12.8 Å². The fraction of sp³-hybridized carbons (Fsp3) is 0.400. The molecule has 0 saturated carbocycles. The Morgan fingerprint density at radius 2 is 2.04 bits per heavy atom. The highest BCUT2D eigenvalue weighted by Gasteiger charge is 2.21. The second kappa shape index (κ2) is 9.21. The normalized spacial score (nSPS) is 17.3. The number of ether oxygens (including phenoxy) is 1. The molecule has 0 bridgehead atoms. The molecular formula is C15H17Cl3N2O4S. The number of benzene rings is 1. The molecule has 1 amide bonds. The second-order valence-corrected chi connectivity index (χ2v) is 8.54. The third-order valence-electron chi connectivity index (χ3n) is 3.54. The fourth-order valence-corrected chi connectivity index (χ4v) is 3.53. The summed E-state index contributed by atoms with van der Waals surface area (Å²) < 4.78 is 32.5. The number of carbonyl (C=O) groups is 1. The Labute approximate surface area is 161 Å². The van der Waals surface area contributed by atoms with E-state index in [9.17, 15) is 13.2 Å². The van der Waals surface area contributed by atoms with Crippen molar-refractivity contribution in [2.24, 2.45) is 0 Å². The quantitative estimate of drug-likeness (QED) is 0.701. The van der Waals surface area contributed by atoms with E-state index in [1.54, 1.807) is 0 Å². The molecule has 0 aliphatic carbocycles. The molecule has 2 N–H and O–H groups in total. The van der Waals surface area contributed by atoms with Gasteiger partial charge in [0.25, 0.3) is 5.91 Å². The van der Waals surface area contributed by atoms with E-state index in [0.29, 0.717) is 6.61 Å². The molecule has 1 aliphatic heterocycles. The minimum atomic E-state index is -3.74. The highest BCUT2D eigenvalue weighted by atomic mass is 35.5. The lowest BCUT2D eigenvalue weighted by atomic mass is 10.2. The van der Waals surface area contributed by atoms with Gasteiger partial charge in [0, 0.05) is 18.7 Å². The van der Waals surface area contributed by atoms with Crippen molar-refractivity contribution in [3.63, 3.8) is 0 Å². The predicted octanol–water partition coefficient (Wildman–Crippen LogP) is 2.76. The summed E-state index contributed by atoms with van der Waals surface area (Å²) in [5.41, 5.74) is 0.176. The number of hydrogen-bond acceptors (Lipinski definition) is 4. The van der Waals surface area contributed by atoms with Crippen molar-refractivity contribution in [2.75, 3.05) is 19.7 Å². The van der Waals surface area contributed by atoms with E-state index >= 15 is 0 Å². The zero-order chi connectivity index (χ0) is 18.4. The Morgan fingerprint density at radius 1 is 1.28 bits per heavy atom. The van der Waals surface area contributed by atoms with E-state index in [2.05, 4.69) is 10.0 Å². The van der Waals surface area contributed by atoms with Gasteiger partial charge in [0.1, 0.15) is 4.49 Å². The van der Waals surface area contributed by atoms with Gasteiger partial charge in [-0.25, -0.2) is 13.1 Å². The summed E-state index contributed by atoms with van der Waals surface area (Å²) in [6, 6.07) is 5.68. The number of rotatable bonds is 7. The molecule has 0 aromatic heterocycles. The van der Waals surface area contributed by atoms with Crippen LogP contribution >= 0.6 is 34.8 Å². The first-order chi connectivity index (χ1) is 11.8. The summed E-state index contributed by atoms with van der Waals surface area (Å²) in [5, 5.41) is 2.58. The van der Waals surface area contributed by atoms with Crippen LogP contribution in [0.15, 0.2) is 38.7 Å². The van der Waals surface area contributed by atoms with Crippen molar-refractivity contribution in [1.82, 2.24) is 10.0 Å². The van der Waals surface area contributed by atoms with Crippen molar-refractivity contribution in [1.29, 1.82) is 0 Å². The standard InChI is InChI=1S/C15H17Cl3N2O4S/c16-13(14(17)18)9-19-15(21)10-3-1-5-12(7-10)25(22,23)20-8-11-4-2-6-24-11/h1,3,5,7,11,20H,2,4,6,8-9H2,(H,19,21)/t11-/m0/s1. The van der Waals surface area contributed by atoms with Gasteiger partial charge in [-0.15, -0.1) is 0 Å². The highest BCUT2D eigenvalue weighted by molar-refractivity contribution is 7.89. The minimum absolute atomic E-state index is 0.00448. The van der Waals surface area contributed by atoms with Gasteiger partial charge in [0.05, 0.1) is 22.6 Å². The molecule has 1 heterocycles. The SMILES string of the molecule is O=C(NCC(Cl)=C(Cl)Cl)c1cccc(S(=O)(=O)NC[C@@H]2CCCO2)c1. The molecule has 6 nitrogen and oxygen atoms in total. The molecule has 0 unspecified atom stereocenters. The van der Waals surface area contributed by atoms with Crippen molar-refractivity contribution in [3.05, 3.63) is 39.4 Å². The van der Waals surface area contributed by atoms with Gasteiger partial charge in [-0.05, 0) is 31.0 Å². The lowest BCUT2D eigenvalue weighted by Gasteiger charge is -2.12. The van der Waals surface area contributed by atoms with Crippen LogP contribution in [0.2, 0.25) is 0 Å². The number of carbonyl (C=O) groups excluding carboxylic acids is 1. The summed E-state index contributed by atoms with van der Waals surface area (Å²) in [7, 11) is -3.74. The third-order valence-corrected chi connectivity index (χ3v) is 5.93. The Kier molecular flexibility index (Phi) is 7.54. The first kappa shape index (κ1) is 20.5. The fourth-order valence-electron chi connectivity index (χ4n) is 2.22.